The predicted octanol–water partition coefficient (Wildman–Crippen LogP) is 4.60. The average molecular weight is 571 g/mol. The lowest BCUT2D eigenvalue weighted by Gasteiger charge is -2.35. The number of rotatable bonds is 7. The minimum atomic E-state index is -0.583. The highest BCUT2D eigenvalue weighted by Crippen LogP contribution is 2.51. The van der Waals surface area contributed by atoms with Gasteiger partial charge in [0, 0.05) is 30.0 Å². The maximum atomic E-state index is 13.6. The summed E-state index contributed by atoms with van der Waals surface area (Å²) in [7, 11) is 0. The van der Waals surface area contributed by atoms with Gasteiger partial charge in [-0.25, -0.2) is 9.78 Å². The summed E-state index contributed by atoms with van der Waals surface area (Å²) in [6.45, 7) is 7.32. The Bertz CT molecular complexity index is 1560. The highest BCUT2D eigenvalue weighted by Gasteiger charge is 2.47. The summed E-state index contributed by atoms with van der Waals surface area (Å²) in [5.74, 6) is 0.859. The molecule has 2 aliphatic heterocycles. The summed E-state index contributed by atoms with van der Waals surface area (Å²) < 4.78 is 6.04. The van der Waals surface area contributed by atoms with Gasteiger partial charge >= 0.3 is 6.03 Å². The first-order valence-corrected chi connectivity index (χ1v) is 14.4. The second kappa shape index (κ2) is 10.9. The zero-order valence-electron chi connectivity index (χ0n) is 22.7. The lowest BCUT2D eigenvalue weighted by atomic mass is 9.99. The lowest BCUT2D eigenvalue weighted by Crippen LogP contribution is -2.53. The second-order valence-corrected chi connectivity index (χ2v) is 11.5. The van der Waals surface area contributed by atoms with Gasteiger partial charge in [0.15, 0.2) is 0 Å². The molecule has 2 aromatic heterocycles. The Morgan fingerprint density at radius 2 is 1.90 bits per heavy atom. The van der Waals surface area contributed by atoms with Gasteiger partial charge in [0.25, 0.3) is 0 Å². The minimum absolute atomic E-state index is 0.152. The molecule has 4 atom stereocenters. The van der Waals surface area contributed by atoms with E-state index in [0.717, 1.165) is 36.1 Å². The van der Waals surface area contributed by atoms with Crippen LogP contribution in [0.1, 0.15) is 42.1 Å². The van der Waals surface area contributed by atoms with Crippen LogP contribution in [-0.2, 0) is 9.59 Å². The molecule has 4 heterocycles. The number of nitrogens with one attached hydrogen (secondary N) is 3. The number of amides is 4. The van der Waals surface area contributed by atoms with Gasteiger partial charge < -0.3 is 20.7 Å². The maximum Gasteiger partial charge on any atom is 0.327 e. The van der Waals surface area contributed by atoms with E-state index < -0.39 is 11.3 Å². The fourth-order valence-electron chi connectivity index (χ4n) is 5.72. The third-order valence-electron chi connectivity index (χ3n) is 7.72. The molecule has 10 nitrogen and oxygen atoms in total. The van der Waals surface area contributed by atoms with Crippen LogP contribution in [0.2, 0.25) is 0 Å². The van der Waals surface area contributed by atoms with Crippen LogP contribution < -0.4 is 25.6 Å². The lowest BCUT2D eigenvalue weighted by molar-refractivity contribution is -0.122. The van der Waals surface area contributed by atoms with Crippen molar-refractivity contribution >= 4 is 41.0 Å². The van der Waals surface area contributed by atoms with Gasteiger partial charge in [-0.1, -0.05) is 18.3 Å². The molecule has 0 bridgehead atoms. The van der Waals surface area contributed by atoms with Gasteiger partial charge in [-0.15, -0.1) is 0 Å². The van der Waals surface area contributed by atoms with Crippen molar-refractivity contribution in [3.05, 3.63) is 78.3 Å². The number of hydrogen-bond acceptors (Lipinski definition) is 7. The number of hydrogen-bond donors (Lipinski definition) is 3. The molecule has 0 spiro atoms. The van der Waals surface area contributed by atoms with Gasteiger partial charge in [-0.05, 0) is 81.1 Å². The molecule has 11 heteroatoms. The van der Waals surface area contributed by atoms with Crippen molar-refractivity contribution in [2.75, 3.05) is 4.90 Å². The molecule has 6 rings (SSSR count). The van der Waals surface area contributed by atoms with Crippen LogP contribution in [-0.4, -0.2) is 45.1 Å². The van der Waals surface area contributed by atoms with Crippen LogP contribution in [0, 0.1) is 13.8 Å². The van der Waals surface area contributed by atoms with Gasteiger partial charge in [-0.3, -0.25) is 19.5 Å². The van der Waals surface area contributed by atoms with Crippen molar-refractivity contribution in [2.24, 2.45) is 0 Å². The fraction of sp³-hybridized carbons (Fsp3) is 0.300. The van der Waals surface area contributed by atoms with Crippen molar-refractivity contribution in [1.29, 1.82) is 0 Å². The molecule has 2 unspecified atom stereocenters. The molecule has 4 amide bonds. The second-order valence-electron chi connectivity index (χ2n) is 10.4. The summed E-state index contributed by atoms with van der Waals surface area (Å²) in [6, 6.07) is 9.87. The number of thioether (sulfide) groups is 1. The van der Waals surface area contributed by atoms with Gasteiger partial charge in [0.05, 0.1) is 23.1 Å². The standard InChI is InChI=1S/C30H30N6O4S/c1-4-24(37)33-19-7-5-8-20(19)34-28(38)27-26-25-22(12-14-32-29(25)41-27)36(30(39)35-26)21-11-10-18(15-16(21)2)40-23-9-6-13-31-17(23)3/h4,6,9-15,19-20,26-27H,1,5,7-8H2,2-3H3,(H,33,37)(H,34,38)(H,35,39)/t19-,20+,26?,27?/m0/s1. The van der Waals surface area contributed by atoms with E-state index in [-0.39, 0.29) is 29.9 Å². The normalized spacial score (nSPS) is 22.5. The number of carbonyl (C=O) groups excluding carboxylic acids is 3. The van der Waals surface area contributed by atoms with Crippen LogP contribution in [0.3, 0.4) is 0 Å². The Balaban J connectivity index is 1.24. The number of carbonyl (C=O) groups is 3. The van der Waals surface area contributed by atoms with Crippen molar-refractivity contribution in [2.45, 2.75) is 61.5 Å². The van der Waals surface area contributed by atoms with Gasteiger partial charge in [-0.2, -0.15) is 0 Å². The van der Waals surface area contributed by atoms with Crippen LogP contribution in [0.25, 0.3) is 0 Å². The van der Waals surface area contributed by atoms with E-state index in [0.29, 0.717) is 27.9 Å². The highest BCUT2D eigenvalue weighted by molar-refractivity contribution is 8.01. The monoisotopic (exact) mass is 570 g/mol. The smallest absolute Gasteiger partial charge is 0.327 e. The summed E-state index contributed by atoms with van der Waals surface area (Å²) in [4.78, 5) is 49.4. The molecule has 1 aromatic carbocycles. The number of benzene rings is 1. The minimum Gasteiger partial charge on any atom is -0.455 e. The molecule has 3 aliphatic rings. The first-order chi connectivity index (χ1) is 19.8. The Morgan fingerprint density at radius 3 is 2.66 bits per heavy atom. The number of pyridine rings is 2. The van der Waals surface area contributed by atoms with Crippen LogP contribution in [0.4, 0.5) is 16.2 Å². The molecule has 1 fully saturated rings. The molecule has 210 valence electrons. The third-order valence-corrected chi connectivity index (χ3v) is 9.01. The van der Waals surface area contributed by atoms with Crippen LogP contribution in [0.15, 0.2) is 66.5 Å². The number of aryl methyl sites for hydroxylation is 2. The number of anilines is 2. The number of aromatic nitrogens is 2. The topological polar surface area (TPSA) is 126 Å². The maximum absolute atomic E-state index is 13.6. The molecule has 41 heavy (non-hydrogen) atoms. The first-order valence-electron chi connectivity index (χ1n) is 13.5. The largest absolute Gasteiger partial charge is 0.455 e. The average Bonchev–Trinajstić information content (AvgIpc) is 3.55. The molecular formula is C30H30N6O4S. The van der Waals surface area contributed by atoms with Gasteiger partial charge in [0.1, 0.15) is 21.8 Å². The third kappa shape index (κ3) is 5.01. The van der Waals surface area contributed by atoms with E-state index in [9.17, 15) is 14.4 Å². The SMILES string of the molecule is C=CC(=O)N[C@H]1CCC[C@H]1NC(=O)C1Sc2nccc3c2C1NC(=O)N3c1ccc(Oc2cccnc2C)cc1C. The molecule has 0 radical (unpaired) electrons. The van der Waals surface area contributed by atoms with Crippen molar-refractivity contribution in [3.63, 3.8) is 0 Å². The predicted molar refractivity (Wildman–Crippen MR) is 155 cm³/mol. The van der Waals surface area contributed by atoms with E-state index >= 15 is 0 Å². The summed E-state index contributed by atoms with van der Waals surface area (Å²) in [5, 5.41) is 9.23. The molecule has 3 N–H and O–H groups in total. The highest BCUT2D eigenvalue weighted by atomic mass is 32.2. The van der Waals surface area contributed by atoms with Crippen molar-refractivity contribution < 1.29 is 19.1 Å². The molecule has 1 aliphatic carbocycles. The Labute approximate surface area is 242 Å². The first kappa shape index (κ1) is 26.8. The van der Waals surface area contributed by atoms with E-state index in [4.69, 9.17) is 4.74 Å². The number of urea groups is 1. The zero-order chi connectivity index (χ0) is 28.7. The summed E-state index contributed by atoms with van der Waals surface area (Å²) >= 11 is 1.35. The fourth-order valence-corrected chi connectivity index (χ4v) is 6.96. The molecular weight excluding hydrogens is 540 g/mol. The summed E-state index contributed by atoms with van der Waals surface area (Å²) in [6.07, 6.45) is 7.08. The number of ether oxygens (including phenoxy) is 1. The van der Waals surface area contributed by atoms with Crippen LogP contribution in [0.5, 0.6) is 11.5 Å². The Hall–Kier alpha value is -4.38. The molecule has 0 saturated heterocycles. The number of nitrogens with zero attached hydrogens (tertiary/aromatic N) is 3. The molecule has 1 saturated carbocycles. The molecule has 3 aromatic rings. The summed E-state index contributed by atoms with van der Waals surface area (Å²) in [5.41, 5.74) is 3.85. The van der Waals surface area contributed by atoms with Crippen LogP contribution >= 0.6 is 11.8 Å². The van der Waals surface area contributed by atoms with E-state index in [1.165, 1.54) is 17.8 Å². The van der Waals surface area contributed by atoms with Crippen molar-refractivity contribution in [3.8, 4) is 11.5 Å². The Morgan fingerprint density at radius 1 is 1.10 bits per heavy atom. The van der Waals surface area contributed by atoms with Gasteiger partial charge in [0.2, 0.25) is 11.8 Å². The zero-order valence-corrected chi connectivity index (χ0v) is 23.5. The van der Waals surface area contributed by atoms with E-state index in [1.54, 1.807) is 17.3 Å². The van der Waals surface area contributed by atoms with Crippen molar-refractivity contribution in [1.82, 2.24) is 25.9 Å². The van der Waals surface area contributed by atoms with E-state index in [1.807, 2.05) is 50.2 Å². The quantitative estimate of drug-likeness (QED) is 0.355. The Kier molecular flexibility index (Phi) is 7.12. The van der Waals surface area contributed by atoms with E-state index in [2.05, 4.69) is 32.5 Å².